The van der Waals surface area contributed by atoms with Crippen LogP contribution in [0, 0.1) is 0 Å². The number of rotatable bonds is 6. The zero-order chi connectivity index (χ0) is 19.4. The van der Waals surface area contributed by atoms with Crippen LogP contribution in [0.5, 0.6) is 11.5 Å². The molecule has 0 bridgehead atoms. The van der Waals surface area contributed by atoms with Gasteiger partial charge in [-0.05, 0) is 24.4 Å². The van der Waals surface area contributed by atoms with Crippen molar-refractivity contribution in [3.63, 3.8) is 0 Å². The average Bonchev–Trinajstić information content (AvgIpc) is 3.22. The number of amides is 1. The lowest BCUT2D eigenvalue weighted by atomic mass is 10.2. The molecular formula is C19H19N3O4S. The Hall–Kier alpha value is -3.13. The van der Waals surface area contributed by atoms with Crippen LogP contribution in [-0.4, -0.2) is 29.9 Å². The second kappa shape index (κ2) is 8.05. The lowest BCUT2D eigenvalue weighted by Gasteiger charge is -2.15. The Bertz CT molecular complexity index is 976. The highest BCUT2D eigenvalue weighted by Crippen LogP contribution is 2.26. The number of thiophene rings is 1. The van der Waals surface area contributed by atoms with Gasteiger partial charge >= 0.3 is 0 Å². The molecule has 140 valence electrons. The summed E-state index contributed by atoms with van der Waals surface area (Å²) in [5, 5.41) is 9.05. The fourth-order valence-electron chi connectivity index (χ4n) is 2.50. The van der Waals surface area contributed by atoms with Crippen LogP contribution in [-0.2, 0) is 4.79 Å². The number of nitrogens with one attached hydrogen (secondary N) is 1. The Kier molecular flexibility index (Phi) is 5.56. The number of ether oxygens (including phenoxy) is 2. The molecule has 1 unspecified atom stereocenters. The van der Waals surface area contributed by atoms with Crippen LogP contribution in [0.2, 0.25) is 0 Å². The summed E-state index contributed by atoms with van der Waals surface area (Å²) in [6.07, 6.45) is 0. The zero-order valence-electron chi connectivity index (χ0n) is 15.1. The van der Waals surface area contributed by atoms with Gasteiger partial charge in [0.15, 0.2) is 0 Å². The molecule has 7 nitrogen and oxygen atoms in total. The average molecular weight is 385 g/mol. The van der Waals surface area contributed by atoms with Crippen molar-refractivity contribution in [2.45, 2.75) is 13.0 Å². The molecular weight excluding hydrogens is 366 g/mol. The minimum absolute atomic E-state index is 0.346. The third kappa shape index (κ3) is 4.17. The predicted octanol–water partition coefficient (Wildman–Crippen LogP) is 3.19. The summed E-state index contributed by atoms with van der Waals surface area (Å²) in [4.78, 5) is 25.8. The number of hydrogen-bond acceptors (Lipinski definition) is 6. The molecule has 0 saturated heterocycles. The van der Waals surface area contributed by atoms with E-state index < -0.39 is 6.04 Å². The Morgan fingerprint density at radius 1 is 1.15 bits per heavy atom. The fourth-order valence-corrected chi connectivity index (χ4v) is 3.19. The summed E-state index contributed by atoms with van der Waals surface area (Å²) in [5.41, 5.74) is 0.805. The van der Waals surface area contributed by atoms with Gasteiger partial charge < -0.3 is 14.8 Å². The van der Waals surface area contributed by atoms with Gasteiger partial charge in [-0.2, -0.15) is 5.10 Å². The third-order valence-corrected chi connectivity index (χ3v) is 4.86. The maximum Gasteiger partial charge on any atom is 0.267 e. The monoisotopic (exact) mass is 385 g/mol. The van der Waals surface area contributed by atoms with E-state index in [-0.39, 0.29) is 11.5 Å². The van der Waals surface area contributed by atoms with E-state index in [0.717, 1.165) is 4.88 Å². The van der Waals surface area contributed by atoms with E-state index in [1.807, 2.05) is 17.5 Å². The molecule has 3 rings (SSSR count). The highest BCUT2D eigenvalue weighted by molar-refractivity contribution is 7.13. The highest BCUT2D eigenvalue weighted by atomic mass is 32.1. The van der Waals surface area contributed by atoms with Crippen molar-refractivity contribution in [1.29, 1.82) is 0 Å². The van der Waals surface area contributed by atoms with Crippen LogP contribution in [0.4, 0.5) is 5.69 Å². The van der Waals surface area contributed by atoms with Crippen molar-refractivity contribution >= 4 is 22.9 Å². The summed E-state index contributed by atoms with van der Waals surface area (Å²) in [6, 6.07) is 11.1. The minimum Gasteiger partial charge on any atom is -0.497 e. The summed E-state index contributed by atoms with van der Waals surface area (Å²) in [7, 11) is 3.06. The first kappa shape index (κ1) is 18.7. The standard InChI is InChI=1S/C19H19N3O4S/c1-12(19(24)20-13-9-14(25-2)11-15(10-13)26-3)22-18(23)7-6-16(21-22)17-5-4-8-27-17/h4-12H,1-3H3,(H,20,24). The fraction of sp³-hybridized carbons (Fsp3) is 0.211. The molecule has 1 aromatic carbocycles. The molecule has 0 aliphatic rings. The topological polar surface area (TPSA) is 82.5 Å². The number of benzene rings is 1. The van der Waals surface area contributed by atoms with E-state index in [2.05, 4.69) is 10.4 Å². The maximum absolute atomic E-state index is 12.7. The van der Waals surface area contributed by atoms with Gasteiger partial charge in [0, 0.05) is 30.0 Å². The van der Waals surface area contributed by atoms with Gasteiger partial charge in [0.2, 0.25) is 5.91 Å². The number of methoxy groups -OCH3 is 2. The third-order valence-electron chi connectivity index (χ3n) is 3.96. The molecule has 3 aromatic rings. The van der Waals surface area contributed by atoms with Gasteiger partial charge in [-0.1, -0.05) is 6.07 Å². The van der Waals surface area contributed by atoms with E-state index in [1.54, 1.807) is 31.2 Å². The lowest BCUT2D eigenvalue weighted by Crippen LogP contribution is -2.33. The molecule has 1 amide bonds. The molecule has 0 fully saturated rings. The van der Waals surface area contributed by atoms with E-state index in [0.29, 0.717) is 22.9 Å². The van der Waals surface area contributed by atoms with E-state index in [4.69, 9.17) is 9.47 Å². The van der Waals surface area contributed by atoms with Crippen LogP contribution < -0.4 is 20.3 Å². The quantitative estimate of drug-likeness (QED) is 0.705. The van der Waals surface area contributed by atoms with E-state index in [9.17, 15) is 9.59 Å². The summed E-state index contributed by atoms with van der Waals surface area (Å²) >= 11 is 1.52. The number of hydrogen-bond donors (Lipinski definition) is 1. The summed E-state index contributed by atoms with van der Waals surface area (Å²) in [6.45, 7) is 1.62. The van der Waals surface area contributed by atoms with E-state index >= 15 is 0 Å². The molecule has 0 aliphatic heterocycles. The number of carbonyl (C=O) groups is 1. The van der Waals surface area contributed by atoms with Crippen molar-refractivity contribution in [1.82, 2.24) is 9.78 Å². The minimum atomic E-state index is -0.797. The molecule has 1 atom stereocenters. The van der Waals surface area contributed by atoms with Crippen molar-refractivity contribution in [2.24, 2.45) is 0 Å². The first-order valence-electron chi connectivity index (χ1n) is 8.19. The second-order valence-electron chi connectivity index (χ2n) is 5.75. The smallest absolute Gasteiger partial charge is 0.267 e. The van der Waals surface area contributed by atoms with Crippen LogP contribution in [0.25, 0.3) is 10.6 Å². The highest BCUT2D eigenvalue weighted by Gasteiger charge is 2.19. The van der Waals surface area contributed by atoms with Gasteiger partial charge in [0.05, 0.1) is 19.1 Å². The van der Waals surface area contributed by atoms with Gasteiger partial charge in [-0.15, -0.1) is 11.3 Å². The molecule has 0 aliphatic carbocycles. The van der Waals surface area contributed by atoms with Gasteiger partial charge in [-0.25, -0.2) is 4.68 Å². The van der Waals surface area contributed by atoms with E-state index in [1.165, 1.54) is 36.3 Å². The zero-order valence-corrected chi connectivity index (χ0v) is 15.9. The predicted molar refractivity (Wildman–Crippen MR) is 105 cm³/mol. The van der Waals surface area contributed by atoms with Crippen molar-refractivity contribution in [3.8, 4) is 22.1 Å². The molecule has 0 spiro atoms. The van der Waals surface area contributed by atoms with Gasteiger partial charge in [0.25, 0.3) is 5.56 Å². The summed E-state index contributed by atoms with van der Waals surface area (Å²) in [5.74, 6) is 0.725. The lowest BCUT2D eigenvalue weighted by molar-refractivity contribution is -0.119. The largest absolute Gasteiger partial charge is 0.497 e. The van der Waals surface area contributed by atoms with Gasteiger partial charge in [0.1, 0.15) is 23.2 Å². The van der Waals surface area contributed by atoms with Gasteiger partial charge in [-0.3, -0.25) is 9.59 Å². The molecule has 2 heterocycles. The first-order valence-corrected chi connectivity index (χ1v) is 9.07. The second-order valence-corrected chi connectivity index (χ2v) is 6.69. The Balaban J connectivity index is 1.86. The maximum atomic E-state index is 12.7. The van der Waals surface area contributed by atoms with Crippen LogP contribution >= 0.6 is 11.3 Å². The molecule has 0 radical (unpaired) electrons. The van der Waals surface area contributed by atoms with Crippen LogP contribution in [0.3, 0.4) is 0 Å². The Labute approximate surface area is 160 Å². The SMILES string of the molecule is COc1cc(NC(=O)C(C)n2nc(-c3cccs3)ccc2=O)cc(OC)c1. The summed E-state index contributed by atoms with van der Waals surface area (Å²) < 4.78 is 11.6. The van der Waals surface area contributed by atoms with Crippen molar-refractivity contribution in [2.75, 3.05) is 19.5 Å². The first-order chi connectivity index (χ1) is 13.0. The molecule has 0 saturated carbocycles. The van der Waals surface area contributed by atoms with Crippen LogP contribution in [0.1, 0.15) is 13.0 Å². The van der Waals surface area contributed by atoms with Crippen molar-refractivity contribution in [3.05, 3.63) is 58.2 Å². The number of carbonyl (C=O) groups excluding carboxylic acids is 1. The normalized spacial score (nSPS) is 11.7. The molecule has 8 heteroatoms. The number of aromatic nitrogens is 2. The van der Waals surface area contributed by atoms with Crippen LogP contribution in [0.15, 0.2) is 52.6 Å². The van der Waals surface area contributed by atoms with Crippen molar-refractivity contribution < 1.29 is 14.3 Å². The Morgan fingerprint density at radius 2 is 1.85 bits per heavy atom. The Morgan fingerprint density at radius 3 is 2.44 bits per heavy atom. The number of anilines is 1. The molecule has 27 heavy (non-hydrogen) atoms. The number of nitrogens with zero attached hydrogens (tertiary/aromatic N) is 2. The molecule has 1 N–H and O–H groups in total. The molecule has 2 aromatic heterocycles.